The summed E-state index contributed by atoms with van der Waals surface area (Å²) in [7, 11) is -3.31. The molecule has 1 aliphatic carbocycles. The van der Waals surface area contributed by atoms with E-state index >= 15 is 0 Å². The van der Waals surface area contributed by atoms with Gasteiger partial charge in [-0.1, -0.05) is 37.5 Å². The van der Waals surface area contributed by atoms with E-state index in [0.717, 1.165) is 6.26 Å². The van der Waals surface area contributed by atoms with Crippen LogP contribution in [0.1, 0.15) is 43.6 Å². The standard InChI is InChI=1S/C20H24N2O3S/c1-26(24,25)19-9-5-8-18(14-19)22-20(23)21-17-12-10-16(11-13-17)15-6-3-2-4-7-15/h5,8-15H,2-4,6-7H2,1H3,(H2,21,22,23). The first-order valence-electron chi connectivity index (χ1n) is 8.90. The van der Waals surface area contributed by atoms with Crippen molar-refractivity contribution < 1.29 is 13.2 Å². The van der Waals surface area contributed by atoms with Crippen LogP contribution in [0, 0.1) is 0 Å². The second-order valence-corrected chi connectivity index (χ2v) is 8.85. The molecule has 0 aromatic heterocycles. The Balaban J connectivity index is 1.61. The van der Waals surface area contributed by atoms with Crippen molar-refractivity contribution in [3.8, 4) is 0 Å². The number of amides is 2. The summed E-state index contributed by atoms with van der Waals surface area (Å²) in [5, 5.41) is 5.45. The molecule has 2 N–H and O–H groups in total. The minimum absolute atomic E-state index is 0.173. The van der Waals surface area contributed by atoms with E-state index in [-0.39, 0.29) is 4.90 Å². The number of nitrogens with one attached hydrogen (secondary N) is 2. The van der Waals surface area contributed by atoms with Crippen molar-refractivity contribution in [1.29, 1.82) is 0 Å². The zero-order valence-electron chi connectivity index (χ0n) is 14.9. The van der Waals surface area contributed by atoms with Crippen molar-refractivity contribution in [3.63, 3.8) is 0 Å². The molecule has 3 rings (SSSR count). The first-order valence-corrected chi connectivity index (χ1v) is 10.8. The lowest BCUT2D eigenvalue weighted by Crippen LogP contribution is -2.19. The Morgan fingerprint density at radius 3 is 2.23 bits per heavy atom. The number of carbonyl (C=O) groups excluding carboxylic acids is 1. The van der Waals surface area contributed by atoms with Crippen molar-refractivity contribution in [2.75, 3.05) is 16.9 Å². The normalized spacial score (nSPS) is 15.4. The first kappa shape index (κ1) is 18.5. The molecule has 2 amide bonds. The highest BCUT2D eigenvalue weighted by Crippen LogP contribution is 2.33. The lowest BCUT2D eigenvalue weighted by atomic mass is 9.84. The fourth-order valence-corrected chi connectivity index (χ4v) is 4.04. The van der Waals surface area contributed by atoms with E-state index in [2.05, 4.69) is 22.8 Å². The summed E-state index contributed by atoms with van der Waals surface area (Å²) < 4.78 is 23.2. The molecule has 1 saturated carbocycles. The minimum atomic E-state index is -3.31. The summed E-state index contributed by atoms with van der Waals surface area (Å²) in [5.41, 5.74) is 2.47. The van der Waals surface area contributed by atoms with Gasteiger partial charge in [-0.3, -0.25) is 0 Å². The van der Waals surface area contributed by atoms with E-state index in [9.17, 15) is 13.2 Å². The van der Waals surface area contributed by atoms with E-state index in [0.29, 0.717) is 17.3 Å². The summed E-state index contributed by atoms with van der Waals surface area (Å²) in [5.74, 6) is 0.630. The number of benzene rings is 2. The molecule has 2 aromatic carbocycles. The third kappa shape index (κ3) is 4.85. The van der Waals surface area contributed by atoms with Crippen LogP contribution in [0.3, 0.4) is 0 Å². The Bertz CT molecular complexity index is 870. The smallest absolute Gasteiger partial charge is 0.308 e. The van der Waals surface area contributed by atoms with Gasteiger partial charge in [-0.15, -0.1) is 0 Å². The summed E-state index contributed by atoms with van der Waals surface area (Å²) >= 11 is 0. The largest absolute Gasteiger partial charge is 0.323 e. The highest BCUT2D eigenvalue weighted by atomic mass is 32.2. The van der Waals surface area contributed by atoms with Gasteiger partial charge in [0.25, 0.3) is 0 Å². The highest BCUT2D eigenvalue weighted by Gasteiger charge is 2.15. The number of rotatable bonds is 4. The van der Waals surface area contributed by atoms with Gasteiger partial charge in [0.15, 0.2) is 9.84 Å². The van der Waals surface area contributed by atoms with Crippen LogP contribution < -0.4 is 10.6 Å². The average Bonchev–Trinajstić information content (AvgIpc) is 2.62. The molecule has 0 spiro atoms. The lowest BCUT2D eigenvalue weighted by Gasteiger charge is -2.22. The van der Waals surface area contributed by atoms with E-state index in [1.165, 1.54) is 49.8 Å². The van der Waals surface area contributed by atoms with Crippen LogP contribution >= 0.6 is 0 Å². The molecular weight excluding hydrogens is 348 g/mol. The van der Waals surface area contributed by atoms with E-state index in [1.807, 2.05) is 12.1 Å². The summed E-state index contributed by atoms with van der Waals surface area (Å²) in [6.45, 7) is 0. The van der Waals surface area contributed by atoms with Crippen LogP contribution in [0.25, 0.3) is 0 Å². The Kier molecular flexibility index (Phi) is 5.61. The van der Waals surface area contributed by atoms with Gasteiger partial charge < -0.3 is 10.6 Å². The number of hydrogen-bond acceptors (Lipinski definition) is 3. The average molecular weight is 372 g/mol. The van der Waals surface area contributed by atoms with Crippen LogP contribution in [0.2, 0.25) is 0 Å². The molecule has 6 heteroatoms. The number of carbonyl (C=O) groups is 1. The van der Waals surface area contributed by atoms with Gasteiger partial charge >= 0.3 is 6.03 Å². The highest BCUT2D eigenvalue weighted by molar-refractivity contribution is 7.90. The molecule has 0 saturated heterocycles. The molecule has 0 heterocycles. The Morgan fingerprint density at radius 2 is 1.58 bits per heavy atom. The maximum absolute atomic E-state index is 12.2. The van der Waals surface area contributed by atoms with Gasteiger partial charge in [0.2, 0.25) is 0 Å². The zero-order chi connectivity index (χ0) is 18.6. The van der Waals surface area contributed by atoms with Crippen LogP contribution in [0.15, 0.2) is 53.4 Å². The van der Waals surface area contributed by atoms with Crippen molar-refractivity contribution >= 4 is 27.2 Å². The third-order valence-electron chi connectivity index (χ3n) is 4.77. The molecule has 0 bridgehead atoms. The van der Waals surface area contributed by atoms with Gasteiger partial charge in [-0.05, 0) is 54.7 Å². The predicted octanol–water partition coefficient (Wildman–Crippen LogP) is 4.78. The molecule has 0 radical (unpaired) electrons. The van der Waals surface area contributed by atoms with E-state index in [1.54, 1.807) is 12.1 Å². The Hall–Kier alpha value is -2.34. The van der Waals surface area contributed by atoms with Gasteiger partial charge in [0.05, 0.1) is 4.90 Å². The summed E-state index contributed by atoms with van der Waals surface area (Å²) in [6.07, 6.45) is 7.53. The molecule has 5 nitrogen and oxygen atoms in total. The van der Waals surface area contributed by atoms with Crippen LogP contribution in [0.4, 0.5) is 16.2 Å². The minimum Gasteiger partial charge on any atom is -0.308 e. The first-order chi connectivity index (χ1) is 12.4. The quantitative estimate of drug-likeness (QED) is 0.811. The number of sulfone groups is 1. The molecule has 0 aliphatic heterocycles. The predicted molar refractivity (Wildman–Crippen MR) is 104 cm³/mol. The van der Waals surface area contributed by atoms with Gasteiger partial charge in [0, 0.05) is 17.6 Å². The molecule has 0 atom stereocenters. The van der Waals surface area contributed by atoms with Crippen LogP contribution in [-0.4, -0.2) is 20.7 Å². The summed E-state index contributed by atoms with van der Waals surface area (Å²) in [4.78, 5) is 12.3. The Morgan fingerprint density at radius 1 is 0.923 bits per heavy atom. The molecule has 138 valence electrons. The zero-order valence-corrected chi connectivity index (χ0v) is 15.7. The third-order valence-corrected chi connectivity index (χ3v) is 5.88. The maximum Gasteiger partial charge on any atom is 0.323 e. The van der Waals surface area contributed by atoms with Crippen LogP contribution in [0.5, 0.6) is 0 Å². The molecule has 0 unspecified atom stereocenters. The fraction of sp³-hybridized carbons (Fsp3) is 0.350. The molecule has 1 aliphatic rings. The molecular formula is C20H24N2O3S. The van der Waals surface area contributed by atoms with Crippen molar-refractivity contribution in [1.82, 2.24) is 0 Å². The number of urea groups is 1. The van der Waals surface area contributed by atoms with Crippen molar-refractivity contribution in [2.24, 2.45) is 0 Å². The number of hydrogen-bond donors (Lipinski definition) is 2. The summed E-state index contributed by atoms with van der Waals surface area (Å²) in [6, 6.07) is 13.8. The van der Waals surface area contributed by atoms with Gasteiger partial charge in [-0.2, -0.15) is 0 Å². The maximum atomic E-state index is 12.2. The second-order valence-electron chi connectivity index (χ2n) is 6.84. The van der Waals surface area contributed by atoms with Crippen molar-refractivity contribution in [3.05, 3.63) is 54.1 Å². The number of anilines is 2. The van der Waals surface area contributed by atoms with E-state index in [4.69, 9.17) is 0 Å². The SMILES string of the molecule is CS(=O)(=O)c1cccc(NC(=O)Nc2ccc(C3CCCCC3)cc2)c1. The Labute approximate surface area is 154 Å². The fourth-order valence-electron chi connectivity index (χ4n) is 3.37. The van der Waals surface area contributed by atoms with E-state index < -0.39 is 15.9 Å². The van der Waals surface area contributed by atoms with Crippen molar-refractivity contribution in [2.45, 2.75) is 42.9 Å². The molecule has 2 aromatic rings. The van der Waals surface area contributed by atoms with Gasteiger partial charge in [-0.25, -0.2) is 13.2 Å². The van der Waals surface area contributed by atoms with Gasteiger partial charge in [0.1, 0.15) is 0 Å². The molecule has 1 fully saturated rings. The second kappa shape index (κ2) is 7.91. The lowest BCUT2D eigenvalue weighted by molar-refractivity contribution is 0.262. The molecule has 26 heavy (non-hydrogen) atoms. The monoisotopic (exact) mass is 372 g/mol. The topological polar surface area (TPSA) is 75.3 Å². The van der Waals surface area contributed by atoms with Crippen LogP contribution in [-0.2, 0) is 9.84 Å².